The Morgan fingerprint density at radius 1 is 1.14 bits per heavy atom. The molecule has 1 unspecified atom stereocenters. The second-order valence-corrected chi connectivity index (χ2v) is 9.45. The van der Waals surface area contributed by atoms with Crippen LogP contribution in [0.4, 0.5) is 4.79 Å². The molecule has 3 rings (SSSR count). The lowest BCUT2D eigenvalue weighted by molar-refractivity contribution is -0.137. The molecule has 1 fully saturated rings. The van der Waals surface area contributed by atoms with E-state index < -0.39 is 11.7 Å². The van der Waals surface area contributed by atoms with Crippen LogP contribution in [0.15, 0.2) is 48.5 Å². The molecular weight excluding hydrogens is 458 g/mol. The molecule has 2 atom stereocenters. The predicted molar refractivity (Wildman–Crippen MR) is 139 cm³/mol. The molecule has 2 aromatic rings. The van der Waals surface area contributed by atoms with Gasteiger partial charge in [-0.15, -0.1) is 0 Å². The molecule has 4 N–H and O–H groups in total. The number of rotatable bonds is 12. The second kappa shape index (κ2) is 13.3. The first-order chi connectivity index (χ1) is 17.3. The van der Waals surface area contributed by atoms with Crippen LogP contribution in [0, 0.1) is 12.8 Å². The van der Waals surface area contributed by atoms with Crippen LogP contribution in [0.1, 0.15) is 49.7 Å². The van der Waals surface area contributed by atoms with Crippen LogP contribution in [-0.2, 0) is 15.1 Å². The van der Waals surface area contributed by atoms with Crippen LogP contribution < -0.4 is 15.8 Å². The molecule has 2 aromatic carbocycles. The first-order valence-electron chi connectivity index (χ1n) is 12.7. The van der Waals surface area contributed by atoms with Gasteiger partial charge in [-0.2, -0.15) is 0 Å². The summed E-state index contributed by atoms with van der Waals surface area (Å²) >= 11 is 0. The van der Waals surface area contributed by atoms with Crippen molar-refractivity contribution in [2.75, 3.05) is 33.3 Å². The van der Waals surface area contributed by atoms with E-state index in [9.17, 15) is 14.7 Å². The Bertz CT molecular complexity index is 1010. The van der Waals surface area contributed by atoms with E-state index in [4.69, 9.17) is 15.2 Å². The molecule has 0 aromatic heterocycles. The van der Waals surface area contributed by atoms with E-state index in [1.165, 1.54) is 0 Å². The number of ether oxygens (including phenoxy) is 2. The number of benzene rings is 2. The van der Waals surface area contributed by atoms with Gasteiger partial charge in [0.1, 0.15) is 11.5 Å². The number of piperidine rings is 1. The third-order valence-corrected chi connectivity index (χ3v) is 6.88. The molecule has 8 heteroatoms. The van der Waals surface area contributed by atoms with Crippen molar-refractivity contribution in [2.45, 2.75) is 51.0 Å². The topological polar surface area (TPSA) is 114 Å². The van der Waals surface area contributed by atoms with Gasteiger partial charge in [-0.25, -0.2) is 4.79 Å². The monoisotopic (exact) mass is 497 g/mol. The van der Waals surface area contributed by atoms with Crippen molar-refractivity contribution < 1.29 is 24.2 Å². The molecule has 8 nitrogen and oxygen atoms in total. The van der Waals surface area contributed by atoms with Crippen molar-refractivity contribution in [1.29, 1.82) is 0 Å². The summed E-state index contributed by atoms with van der Waals surface area (Å²) in [6, 6.07) is 15.2. The Morgan fingerprint density at radius 3 is 2.58 bits per heavy atom. The normalized spacial score (nSPS) is 17.3. The van der Waals surface area contributed by atoms with Gasteiger partial charge in [0.25, 0.3) is 0 Å². The fourth-order valence-electron chi connectivity index (χ4n) is 4.94. The van der Waals surface area contributed by atoms with Crippen molar-refractivity contribution in [1.82, 2.24) is 10.2 Å². The minimum Gasteiger partial charge on any atom is -0.457 e. The lowest BCUT2D eigenvalue weighted by Crippen LogP contribution is -2.48. The maximum atomic E-state index is 12.9. The average molecular weight is 498 g/mol. The summed E-state index contributed by atoms with van der Waals surface area (Å²) in [4.78, 5) is 25.8. The second-order valence-electron chi connectivity index (χ2n) is 9.45. The highest BCUT2D eigenvalue weighted by Crippen LogP contribution is 2.44. The molecule has 0 aliphatic carbocycles. The van der Waals surface area contributed by atoms with E-state index >= 15 is 0 Å². The molecule has 36 heavy (non-hydrogen) atoms. The van der Waals surface area contributed by atoms with Crippen molar-refractivity contribution in [3.63, 3.8) is 0 Å². The van der Waals surface area contributed by atoms with Gasteiger partial charge in [0.15, 0.2) is 0 Å². The molecule has 0 saturated carbocycles. The number of amides is 2. The molecule has 1 saturated heterocycles. The summed E-state index contributed by atoms with van der Waals surface area (Å²) in [6.07, 6.45) is 2.75. The smallest absolute Gasteiger partial charge is 0.404 e. The zero-order valence-corrected chi connectivity index (χ0v) is 21.4. The van der Waals surface area contributed by atoms with Gasteiger partial charge in [0, 0.05) is 31.0 Å². The quantitative estimate of drug-likeness (QED) is 0.381. The predicted octanol–water partition coefficient (Wildman–Crippen LogP) is 4.09. The fraction of sp³-hybridized carbons (Fsp3) is 0.500. The van der Waals surface area contributed by atoms with Crippen molar-refractivity contribution in [3.05, 3.63) is 59.7 Å². The molecule has 0 spiro atoms. The Kier molecular flexibility index (Phi) is 10.1. The van der Waals surface area contributed by atoms with Crippen molar-refractivity contribution in [3.8, 4) is 11.5 Å². The van der Waals surface area contributed by atoms with Crippen molar-refractivity contribution in [2.24, 2.45) is 11.7 Å². The number of nitrogens with zero attached hydrogens (tertiary/aromatic N) is 1. The van der Waals surface area contributed by atoms with Gasteiger partial charge in [0.2, 0.25) is 5.91 Å². The van der Waals surface area contributed by atoms with Crippen molar-refractivity contribution >= 4 is 12.0 Å². The molecule has 1 aliphatic heterocycles. The van der Waals surface area contributed by atoms with E-state index in [2.05, 4.69) is 5.32 Å². The maximum absolute atomic E-state index is 12.9. The molecule has 0 radical (unpaired) electrons. The van der Waals surface area contributed by atoms with E-state index in [0.29, 0.717) is 49.4 Å². The molecule has 1 heterocycles. The summed E-state index contributed by atoms with van der Waals surface area (Å²) in [7, 11) is 1.87. The number of likely N-dealkylation sites (tertiary alicyclic amines) is 1. The summed E-state index contributed by atoms with van der Waals surface area (Å²) in [6.45, 7) is 4.03. The highest BCUT2D eigenvalue weighted by Gasteiger charge is 2.43. The number of hydrogen-bond acceptors (Lipinski definition) is 6. The lowest BCUT2D eigenvalue weighted by atomic mass is 9.74. The Balaban J connectivity index is 1.89. The van der Waals surface area contributed by atoms with Crippen LogP contribution >= 0.6 is 0 Å². The Hall–Kier alpha value is -3.10. The zero-order valence-electron chi connectivity index (χ0n) is 21.4. The third kappa shape index (κ3) is 7.21. The highest BCUT2D eigenvalue weighted by atomic mass is 16.5. The van der Waals surface area contributed by atoms with Crippen LogP contribution in [0.2, 0.25) is 0 Å². The number of nitrogens with one attached hydrogen (secondary N) is 1. The first-order valence-corrected chi connectivity index (χ1v) is 12.7. The first kappa shape index (κ1) is 27.5. The standard InChI is InChI=1S/C28H39N3O5/c1-21-10-3-5-13-24(21)36-25-14-6-4-12-23(25)28(34,16-9-19-35-27(29)33)22-11-8-18-31(20-22)26(32)15-7-17-30-2/h3-6,10,12-14,22,30,34H,7-9,11,15-20H2,1-2H3,(H2,29,33)/t22?,28-/m0/s1. The largest absolute Gasteiger partial charge is 0.457 e. The minimum absolute atomic E-state index is 0.109. The van der Waals surface area contributed by atoms with E-state index in [1.54, 1.807) is 0 Å². The number of primary amides is 1. The lowest BCUT2D eigenvalue weighted by Gasteiger charge is -2.43. The molecule has 0 bridgehead atoms. The molecule has 1 aliphatic rings. The van der Waals surface area contributed by atoms with Crippen LogP contribution in [0.5, 0.6) is 11.5 Å². The number of nitrogens with two attached hydrogens (primary N) is 1. The Labute approximate surface area is 213 Å². The molecule has 2 amide bonds. The van der Waals surface area contributed by atoms with E-state index in [0.717, 1.165) is 31.4 Å². The number of carbonyl (C=O) groups excluding carboxylic acids is 2. The minimum atomic E-state index is -1.29. The van der Waals surface area contributed by atoms with Gasteiger partial charge in [-0.05, 0) is 70.3 Å². The summed E-state index contributed by atoms with van der Waals surface area (Å²) in [5, 5.41) is 15.4. The Morgan fingerprint density at radius 2 is 1.86 bits per heavy atom. The molecular formula is C28H39N3O5. The number of carbonyl (C=O) groups is 2. The SMILES string of the molecule is CNCCCC(=O)N1CCCC([C@@](O)(CCCOC(N)=O)c2ccccc2Oc2ccccc2C)C1. The third-order valence-electron chi connectivity index (χ3n) is 6.88. The van der Waals surface area contributed by atoms with Crippen LogP contribution in [0.25, 0.3) is 0 Å². The van der Waals surface area contributed by atoms with Gasteiger partial charge >= 0.3 is 6.09 Å². The van der Waals surface area contributed by atoms with E-state index in [-0.39, 0.29) is 18.4 Å². The maximum Gasteiger partial charge on any atom is 0.404 e. The van der Waals surface area contributed by atoms with Crippen LogP contribution in [-0.4, -0.2) is 55.3 Å². The summed E-state index contributed by atoms with van der Waals surface area (Å²) in [5.41, 5.74) is 5.50. The number of hydrogen-bond donors (Lipinski definition) is 3. The van der Waals surface area contributed by atoms with Gasteiger partial charge in [-0.3, -0.25) is 4.79 Å². The number of aliphatic hydroxyl groups is 1. The molecule has 196 valence electrons. The average Bonchev–Trinajstić information content (AvgIpc) is 2.88. The summed E-state index contributed by atoms with van der Waals surface area (Å²) < 4.78 is 11.3. The number of aryl methyl sites for hydroxylation is 1. The number of para-hydroxylation sites is 2. The van der Waals surface area contributed by atoms with Crippen LogP contribution in [0.3, 0.4) is 0 Å². The summed E-state index contributed by atoms with van der Waals surface area (Å²) in [5.74, 6) is 1.20. The van der Waals surface area contributed by atoms with Gasteiger partial charge in [0.05, 0.1) is 12.2 Å². The fourth-order valence-corrected chi connectivity index (χ4v) is 4.94. The zero-order chi connectivity index (χ0) is 26.0. The van der Waals surface area contributed by atoms with Gasteiger partial charge in [-0.1, -0.05) is 36.4 Å². The highest BCUT2D eigenvalue weighted by molar-refractivity contribution is 5.76. The van der Waals surface area contributed by atoms with Gasteiger partial charge < -0.3 is 30.5 Å². The van der Waals surface area contributed by atoms with E-state index in [1.807, 2.05) is 67.4 Å².